The quantitative estimate of drug-likeness (QED) is 0.330. The fourth-order valence-corrected chi connectivity index (χ4v) is 1.32. The number of rotatable bonds is 7. The van der Waals surface area contributed by atoms with Crippen molar-refractivity contribution >= 4 is 12.0 Å². The molecule has 1 amide bonds. The highest BCUT2D eigenvalue weighted by Crippen LogP contribution is 2.26. The zero-order valence-electron chi connectivity index (χ0n) is 10.7. The molecule has 0 aliphatic rings. The van der Waals surface area contributed by atoms with E-state index in [4.69, 9.17) is 4.74 Å². The van der Waals surface area contributed by atoms with E-state index in [1.165, 1.54) is 25.3 Å². The summed E-state index contributed by atoms with van der Waals surface area (Å²) < 4.78 is 4.93. The number of nitrogens with one attached hydrogen (secondary N) is 1. The summed E-state index contributed by atoms with van der Waals surface area (Å²) >= 11 is 0. The SMILES string of the molecule is COc1cc(C=CC(=O)NCCO[N+](=O)[O-])ccc1O. The molecule has 0 saturated carbocycles. The minimum absolute atomic E-state index is 0.00558. The van der Waals surface area contributed by atoms with Crippen molar-refractivity contribution in [1.82, 2.24) is 5.32 Å². The van der Waals surface area contributed by atoms with Crippen LogP contribution in [0.15, 0.2) is 24.3 Å². The van der Waals surface area contributed by atoms with Gasteiger partial charge in [-0.2, -0.15) is 0 Å². The molecule has 8 heteroatoms. The summed E-state index contributed by atoms with van der Waals surface area (Å²) in [5.41, 5.74) is 0.663. The smallest absolute Gasteiger partial charge is 0.294 e. The Kier molecular flexibility index (Phi) is 5.82. The standard InChI is InChI=1S/C12H14N2O6/c1-19-11-8-9(2-4-10(11)15)3-5-12(16)13-6-7-20-14(17)18/h2-5,8,15H,6-7H2,1H3,(H,13,16). The van der Waals surface area contributed by atoms with Crippen molar-refractivity contribution in [3.63, 3.8) is 0 Å². The van der Waals surface area contributed by atoms with Gasteiger partial charge in [-0.25, -0.2) is 0 Å². The fourth-order valence-electron chi connectivity index (χ4n) is 1.32. The number of phenolic OH excluding ortho intramolecular Hbond substituents is 1. The van der Waals surface area contributed by atoms with Crippen LogP contribution >= 0.6 is 0 Å². The Morgan fingerprint density at radius 1 is 1.55 bits per heavy atom. The number of nitrogens with zero attached hydrogens (tertiary/aromatic N) is 1. The van der Waals surface area contributed by atoms with Gasteiger partial charge in [0.2, 0.25) is 5.91 Å². The van der Waals surface area contributed by atoms with Crippen molar-refractivity contribution in [3.05, 3.63) is 40.0 Å². The number of carbonyl (C=O) groups is 1. The molecule has 2 N–H and O–H groups in total. The molecule has 8 nitrogen and oxygen atoms in total. The maximum Gasteiger partial charge on any atom is 0.294 e. The zero-order chi connectivity index (χ0) is 15.0. The summed E-state index contributed by atoms with van der Waals surface area (Å²) in [6.45, 7) is -0.178. The van der Waals surface area contributed by atoms with E-state index < -0.39 is 11.0 Å². The first-order chi connectivity index (χ1) is 9.52. The Bertz CT molecular complexity index is 515. The van der Waals surface area contributed by atoms with Crippen LogP contribution in [-0.2, 0) is 9.63 Å². The molecular formula is C12H14N2O6. The first-order valence-corrected chi connectivity index (χ1v) is 5.63. The van der Waals surface area contributed by atoms with Gasteiger partial charge in [-0.1, -0.05) is 6.07 Å². The highest BCUT2D eigenvalue weighted by atomic mass is 16.9. The van der Waals surface area contributed by atoms with Crippen molar-refractivity contribution in [2.45, 2.75) is 0 Å². The summed E-state index contributed by atoms with van der Waals surface area (Å²) in [6.07, 6.45) is 2.78. The Hall–Kier alpha value is -2.77. The van der Waals surface area contributed by atoms with Gasteiger partial charge in [0.25, 0.3) is 5.09 Å². The first kappa shape index (κ1) is 15.3. The van der Waals surface area contributed by atoms with E-state index in [0.29, 0.717) is 11.3 Å². The summed E-state index contributed by atoms with van der Waals surface area (Å²) in [5.74, 6) is -0.109. The van der Waals surface area contributed by atoms with Crippen molar-refractivity contribution in [1.29, 1.82) is 0 Å². The second-order valence-corrected chi connectivity index (χ2v) is 3.61. The van der Waals surface area contributed by atoms with E-state index in [-0.39, 0.29) is 18.9 Å². The normalized spacial score (nSPS) is 10.2. The van der Waals surface area contributed by atoms with Gasteiger partial charge in [0.05, 0.1) is 7.11 Å². The van der Waals surface area contributed by atoms with Crippen LogP contribution < -0.4 is 10.1 Å². The fraction of sp³-hybridized carbons (Fsp3) is 0.250. The number of amides is 1. The molecule has 0 aromatic heterocycles. The molecule has 108 valence electrons. The molecule has 0 saturated heterocycles. The van der Waals surface area contributed by atoms with E-state index in [1.54, 1.807) is 12.1 Å². The van der Waals surface area contributed by atoms with Gasteiger partial charge in [-0.3, -0.25) is 4.79 Å². The Morgan fingerprint density at radius 2 is 2.30 bits per heavy atom. The molecule has 0 spiro atoms. The van der Waals surface area contributed by atoms with Gasteiger partial charge in [-0.15, -0.1) is 10.1 Å². The summed E-state index contributed by atoms with van der Waals surface area (Å²) in [7, 11) is 1.42. The topological polar surface area (TPSA) is 111 Å². The second kappa shape index (κ2) is 7.62. The molecular weight excluding hydrogens is 268 g/mol. The highest BCUT2D eigenvalue weighted by molar-refractivity contribution is 5.91. The number of hydrogen-bond acceptors (Lipinski definition) is 6. The third kappa shape index (κ3) is 5.25. The van der Waals surface area contributed by atoms with Crippen LogP contribution in [0.25, 0.3) is 6.08 Å². The lowest BCUT2D eigenvalue weighted by molar-refractivity contribution is -0.757. The number of benzene rings is 1. The molecule has 20 heavy (non-hydrogen) atoms. The molecule has 0 fully saturated rings. The third-order valence-electron chi connectivity index (χ3n) is 2.23. The van der Waals surface area contributed by atoms with Gasteiger partial charge in [0.15, 0.2) is 11.5 Å². The van der Waals surface area contributed by atoms with Crippen LogP contribution in [-0.4, -0.2) is 36.4 Å². The predicted molar refractivity (Wildman–Crippen MR) is 69.6 cm³/mol. The van der Waals surface area contributed by atoms with Gasteiger partial charge < -0.3 is 20.0 Å². The average molecular weight is 282 g/mol. The van der Waals surface area contributed by atoms with Crippen LogP contribution in [0.3, 0.4) is 0 Å². The Labute approximate surface area is 114 Å². The maximum absolute atomic E-state index is 11.4. The Balaban J connectivity index is 2.46. The van der Waals surface area contributed by atoms with Crippen LogP contribution in [0.1, 0.15) is 5.56 Å². The number of aromatic hydroxyl groups is 1. The van der Waals surface area contributed by atoms with Gasteiger partial charge in [-0.05, 0) is 23.8 Å². The third-order valence-corrected chi connectivity index (χ3v) is 2.23. The van der Waals surface area contributed by atoms with E-state index in [2.05, 4.69) is 10.2 Å². The molecule has 0 radical (unpaired) electrons. The van der Waals surface area contributed by atoms with Gasteiger partial charge in [0, 0.05) is 12.6 Å². The number of phenols is 1. The van der Waals surface area contributed by atoms with Gasteiger partial charge >= 0.3 is 0 Å². The summed E-state index contributed by atoms with van der Waals surface area (Å²) in [5, 5.41) is 20.8. The largest absolute Gasteiger partial charge is 0.504 e. The number of ether oxygens (including phenoxy) is 1. The monoisotopic (exact) mass is 282 g/mol. The molecule has 0 atom stereocenters. The molecule has 0 aliphatic heterocycles. The van der Waals surface area contributed by atoms with Crippen molar-refractivity contribution < 1.29 is 24.6 Å². The summed E-state index contributed by atoms with van der Waals surface area (Å²) in [4.78, 5) is 25.3. The zero-order valence-corrected chi connectivity index (χ0v) is 10.7. The van der Waals surface area contributed by atoms with Crippen LogP contribution in [0, 0.1) is 10.1 Å². The minimum Gasteiger partial charge on any atom is -0.504 e. The number of hydrogen-bond donors (Lipinski definition) is 2. The highest BCUT2D eigenvalue weighted by Gasteiger charge is 2.01. The Morgan fingerprint density at radius 3 is 2.95 bits per heavy atom. The van der Waals surface area contributed by atoms with E-state index in [1.807, 2.05) is 0 Å². The molecule has 0 heterocycles. The van der Waals surface area contributed by atoms with E-state index in [0.717, 1.165) is 0 Å². The van der Waals surface area contributed by atoms with Crippen molar-refractivity contribution in [3.8, 4) is 11.5 Å². The molecule has 1 aromatic rings. The summed E-state index contributed by atoms with van der Waals surface area (Å²) in [6, 6.07) is 4.62. The molecule has 1 rings (SSSR count). The molecule has 1 aromatic carbocycles. The molecule has 0 aliphatic carbocycles. The van der Waals surface area contributed by atoms with Crippen LogP contribution in [0.2, 0.25) is 0 Å². The average Bonchev–Trinajstić information content (AvgIpc) is 2.42. The van der Waals surface area contributed by atoms with Crippen molar-refractivity contribution in [2.24, 2.45) is 0 Å². The van der Waals surface area contributed by atoms with Gasteiger partial charge in [0.1, 0.15) is 6.61 Å². The van der Waals surface area contributed by atoms with Crippen molar-refractivity contribution in [2.75, 3.05) is 20.3 Å². The van der Waals surface area contributed by atoms with Crippen LogP contribution in [0.4, 0.5) is 0 Å². The lowest BCUT2D eigenvalue weighted by Crippen LogP contribution is -2.26. The maximum atomic E-state index is 11.4. The van der Waals surface area contributed by atoms with Crippen LogP contribution in [0.5, 0.6) is 11.5 Å². The minimum atomic E-state index is -0.926. The van der Waals surface area contributed by atoms with E-state index in [9.17, 15) is 20.0 Å². The molecule has 0 bridgehead atoms. The predicted octanol–water partition coefficient (Wildman–Crippen LogP) is 0.738. The lowest BCUT2D eigenvalue weighted by Gasteiger charge is -2.04. The lowest BCUT2D eigenvalue weighted by atomic mass is 10.2. The number of methoxy groups -OCH3 is 1. The first-order valence-electron chi connectivity index (χ1n) is 5.63. The van der Waals surface area contributed by atoms with E-state index >= 15 is 0 Å². The second-order valence-electron chi connectivity index (χ2n) is 3.61. The molecule has 0 unspecified atom stereocenters. The number of carbonyl (C=O) groups excluding carboxylic acids is 1.